The molecule has 0 unspecified atom stereocenters. The van der Waals surface area contributed by atoms with E-state index in [-0.39, 0.29) is 24.5 Å². The molecule has 158 valence electrons. The molecule has 1 aliphatic heterocycles. The first kappa shape index (κ1) is 21.2. The molecule has 8 nitrogen and oxygen atoms in total. The third kappa shape index (κ3) is 5.76. The zero-order valence-corrected chi connectivity index (χ0v) is 16.5. The van der Waals surface area contributed by atoms with Crippen molar-refractivity contribution in [3.8, 4) is 0 Å². The topological polar surface area (TPSA) is 89.5 Å². The Kier molecular flexibility index (Phi) is 7.45. The highest BCUT2D eigenvalue weighted by Gasteiger charge is 2.51. The summed E-state index contributed by atoms with van der Waals surface area (Å²) in [4.78, 5) is 45.4. The standard InChI is InChI=1S/C20H30O8/c1-16(21)23-14-6-3-7-15-24-18(22)17-8-12-20(13-9-17)27-25-19(26-28-20)10-4-2-5-11-19/h3,6,17H,2,4-5,7-15H2,1H3/b6-3+. The highest BCUT2D eigenvalue weighted by molar-refractivity contribution is 5.72. The summed E-state index contributed by atoms with van der Waals surface area (Å²) < 4.78 is 10.1. The molecule has 8 heteroatoms. The van der Waals surface area contributed by atoms with E-state index in [1.807, 2.05) is 6.08 Å². The van der Waals surface area contributed by atoms with E-state index in [1.165, 1.54) is 13.3 Å². The summed E-state index contributed by atoms with van der Waals surface area (Å²) in [5, 5.41) is 0. The van der Waals surface area contributed by atoms with Crippen LogP contribution < -0.4 is 0 Å². The summed E-state index contributed by atoms with van der Waals surface area (Å²) in [7, 11) is 0. The van der Waals surface area contributed by atoms with Gasteiger partial charge in [0.05, 0.1) is 12.5 Å². The zero-order chi connectivity index (χ0) is 19.9. The van der Waals surface area contributed by atoms with Gasteiger partial charge in [-0.2, -0.15) is 19.6 Å². The van der Waals surface area contributed by atoms with Gasteiger partial charge < -0.3 is 9.47 Å². The minimum atomic E-state index is -0.918. The summed E-state index contributed by atoms with van der Waals surface area (Å²) in [5.74, 6) is -2.37. The molecule has 3 aliphatic rings. The summed E-state index contributed by atoms with van der Waals surface area (Å²) in [6.45, 7) is 1.90. The Hall–Kier alpha value is -1.48. The average molecular weight is 398 g/mol. The number of esters is 2. The van der Waals surface area contributed by atoms with Crippen LogP contribution in [-0.4, -0.2) is 36.7 Å². The highest BCUT2D eigenvalue weighted by Crippen LogP contribution is 2.45. The quantitative estimate of drug-likeness (QED) is 0.291. The van der Waals surface area contributed by atoms with E-state index >= 15 is 0 Å². The van der Waals surface area contributed by atoms with Gasteiger partial charge in [-0.05, 0) is 32.1 Å². The van der Waals surface area contributed by atoms with Crippen molar-refractivity contribution in [1.29, 1.82) is 0 Å². The molecule has 0 N–H and O–H groups in total. The van der Waals surface area contributed by atoms with E-state index in [4.69, 9.17) is 29.0 Å². The van der Waals surface area contributed by atoms with E-state index in [0.29, 0.717) is 38.7 Å². The lowest BCUT2D eigenvalue weighted by Gasteiger charge is -2.46. The second kappa shape index (κ2) is 9.82. The largest absolute Gasteiger partial charge is 0.465 e. The minimum absolute atomic E-state index is 0.173. The fourth-order valence-corrected chi connectivity index (χ4v) is 3.75. The molecule has 2 saturated carbocycles. The van der Waals surface area contributed by atoms with Gasteiger partial charge in [0.1, 0.15) is 6.61 Å². The minimum Gasteiger partial charge on any atom is -0.465 e. The number of rotatable bonds is 6. The first-order valence-corrected chi connectivity index (χ1v) is 10.2. The molecular weight excluding hydrogens is 368 g/mol. The van der Waals surface area contributed by atoms with Crippen molar-refractivity contribution in [3.05, 3.63) is 12.2 Å². The van der Waals surface area contributed by atoms with Crippen molar-refractivity contribution >= 4 is 11.9 Å². The van der Waals surface area contributed by atoms with Gasteiger partial charge in [-0.1, -0.05) is 18.6 Å². The molecule has 2 aliphatic carbocycles. The lowest BCUT2D eigenvalue weighted by atomic mass is 9.85. The van der Waals surface area contributed by atoms with Crippen molar-refractivity contribution < 1.29 is 38.6 Å². The van der Waals surface area contributed by atoms with Gasteiger partial charge in [0.2, 0.25) is 11.6 Å². The van der Waals surface area contributed by atoms with E-state index in [1.54, 1.807) is 6.08 Å². The van der Waals surface area contributed by atoms with Crippen LogP contribution in [0.25, 0.3) is 0 Å². The van der Waals surface area contributed by atoms with Gasteiger partial charge in [-0.25, -0.2) is 0 Å². The Morgan fingerprint density at radius 2 is 1.50 bits per heavy atom. The van der Waals surface area contributed by atoms with Crippen molar-refractivity contribution in [2.24, 2.45) is 5.92 Å². The van der Waals surface area contributed by atoms with Crippen molar-refractivity contribution in [2.45, 2.75) is 82.7 Å². The maximum atomic E-state index is 12.2. The van der Waals surface area contributed by atoms with Crippen LogP contribution in [-0.2, 0) is 38.6 Å². The predicted molar refractivity (Wildman–Crippen MR) is 96.2 cm³/mol. The highest BCUT2D eigenvalue weighted by atomic mass is 17.4. The maximum Gasteiger partial charge on any atom is 0.308 e. The third-order valence-electron chi connectivity index (χ3n) is 5.47. The van der Waals surface area contributed by atoms with Gasteiger partial charge in [0.15, 0.2) is 0 Å². The van der Waals surface area contributed by atoms with Crippen molar-refractivity contribution in [3.63, 3.8) is 0 Å². The number of carbonyl (C=O) groups is 2. The molecule has 0 aromatic heterocycles. The predicted octanol–water partition coefficient (Wildman–Crippen LogP) is 3.50. The van der Waals surface area contributed by atoms with Gasteiger partial charge in [0.25, 0.3) is 0 Å². The number of ether oxygens (including phenoxy) is 2. The van der Waals surface area contributed by atoms with Crippen molar-refractivity contribution in [2.75, 3.05) is 13.2 Å². The van der Waals surface area contributed by atoms with Crippen LogP contribution in [0.15, 0.2) is 12.2 Å². The lowest BCUT2D eigenvalue weighted by molar-refractivity contribution is -0.662. The number of hydrogen-bond donors (Lipinski definition) is 0. The van der Waals surface area contributed by atoms with Gasteiger partial charge in [-0.15, -0.1) is 0 Å². The molecule has 2 spiro atoms. The Balaban J connectivity index is 1.32. The molecule has 0 atom stereocenters. The SMILES string of the molecule is CC(=O)OC/C=C/CCOC(=O)C1CCC2(CC1)OOC1(CCCCC1)OO2. The molecule has 0 radical (unpaired) electrons. The number of carbonyl (C=O) groups excluding carboxylic acids is 2. The summed E-state index contributed by atoms with van der Waals surface area (Å²) in [6, 6.07) is 0. The Labute approximate surface area is 165 Å². The van der Waals surface area contributed by atoms with Crippen LogP contribution in [0.2, 0.25) is 0 Å². The molecular formula is C20H30O8. The smallest absolute Gasteiger partial charge is 0.308 e. The molecule has 1 saturated heterocycles. The van der Waals surface area contributed by atoms with Crippen LogP contribution >= 0.6 is 0 Å². The molecule has 1 heterocycles. The zero-order valence-electron chi connectivity index (χ0n) is 16.5. The second-order valence-corrected chi connectivity index (χ2v) is 7.72. The van der Waals surface area contributed by atoms with Gasteiger partial charge >= 0.3 is 11.9 Å². The lowest BCUT2D eigenvalue weighted by Crippen LogP contribution is -2.53. The maximum absolute atomic E-state index is 12.2. The molecule has 3 fully saturated rings. The fourth-order valence-electron chi connectivity index (χ4n) is 3.75. The molecule has 0 aromatic carbocycles. The van der Waals surface area contributed by atoms with Crippen LogP contribution in [0.1, 0.15) is 71.1 Å². The van der Waals surface area contributed by atoms with E-state index in [2.05, 4.69) is 0 Å². The van der Waals surface area contributed by atoms with Crippen LogP contribution in [0, 0.1) is 5.92 Å². The normalized spacial score (nSPS) is 24.5. The fraction of sp³-hybridized carbons (Fsp3) is 0.800. The summed E-state index contributed by atoms with van der Waals surface area (Å²) in [5.41, 5.74) is 0. The van der Waals surface area contributed by atoms with E-state index < -0.39 is 11.6 Å². The van der Waals surface area contributed by atoms with Gasteiger partial charge in [0, 0.05) is 32.6 Å². The Bertz CT molecular complexity index is 547. The Morgan fingerprint density at radius 3 is 2.11 bits per heavy atom. The average Bonchev–Trinajstić information content (AvgIpc) is 2.71. The Morgan fingerprint density at radius 1 is 0.893 bits per heavy atom. The summed E-state index contributed by atoms with van der Waals surface area (Å²) >= 11 is 0. The molecule has 0 amide bonds. The number of hydrogen-bond acceptors (Lipinski definition) is 8. The molecule has 3 rings (SSSR count). The van der Waals surface area contributed by atoms with Crippen LogP contribution in [0.4, 0.5) is 0 Å². The first-order valence-electron chi connectivity index (χ1n) is 10.2. The third-order valence-corrected chi connectivity index (χ3v) is 5.47. The first-order chi connectivity index (χ1) is 13.5. The molecule has 0 aromatic rings. The summed E-state index contributed by atoms with van der Waals surface area (Å²) in [6.07, 6.45) is 11.2. The van der Waals surface area contributed by atoms with Crippen LogP contribution in [0.5, 0.6) is 0 Å². The van der Waals surface area contributed by atoms with E-state index in [0.717, 1.165) is 25.7 Å². The van der Waals surface area contributed by atoms with Crippen LogP contribution in [0.3, 0.4) is 0 Å². The molecule has 28 heavy (non-hydrogen) atoms. The van der Waals surface area contributed by atoms with Crippen molar-refractivity contribution in [1.82, 2.24) is 0 Å². The van der Waals surface area contributed by atoms with E-state index in [9.17, 15) is 9.59 Å². The second-order valence-electron chi connectivity index (χ2n) is 7.72. The monoisotopic (exact) mass is 398 g/mol. The van der Waals surface area contributed by atoms with Gasteiger partial charge in [-0.3, -0.25) is 9.59 Å². The molecule has 0 bridgehead atoms.